The standard InChI is InChI=1S/C15H11BrFN3O2S/c1-8-13(23-14(19-8)9-6-18-20(2)7-9)15(21)22-12-4-10(16)3-11(17)5-12/h3-7H,1-2H3. The normalized spacial score (nSPS) is 10.8. The monoisotopic (exact) mass is 395 g/mol. The molecular weight excluding hydrogens is 385 g/mol. The number of hydrogen-bond acceptors (Lipinski definition) is 5. The Morgan fingerprint density at radius 2 is 2.17 bits per heavy atom. The second-order valence-corrected chi connectivity index (χ2v) is 6.75. The van der Waals surface area contributed by atoms with E-state index >= 15 is 0 Å². The van der Waals surface area contributed by atoms with E-state index in [0.29, 0.717) is 20.1 Å². The molecule has 3 aromatic rings. The molecule has 2 heterocycles. The number of halogens is 2. The predicted molar refractivity (Wildman–Crippen MR) is 88.1 cm³/mol. The third-order valence-corrected chi connectivity index (χ3v) is 4.62. The summed E-state index contributed by atoms with van der Waals surface area (Å²) in [6.07, 6.45) is 3.49. The second-order valence-electron chi connectivity index (χ2n) is 4.83. The van der Waals surface area contributed by atoms with Crippen LogP contribution in [0.4, 0.5) is 4.39 Å². The Hall–Kier alpha value is -2.06. The molecule has 0 radical (unpaired) electrons. The maximum absolute atomic E-state index is 13.3. The molecule has 0 spiro atoms. The minimum Gasteiger partial charge on any atom is -0.422 e. The number of carbonyl (C=O) groups is 1. The smallest absolute Gasteiger partial charge is 0.355 e. The predicted octanol–water partition coefficient (Wildman–Crippen LogP) is 3.97. The van der Waals surface area contributed by atoms with Gasteiger partial charge < -0.3 is 4.74 Å². The van der Waals surface area contributed by atoms with Crippen LogP contribution in [0.25, 0.3) is 10.6 Å². The van der Waals surface area contributed by atoms with Gasteiger partial charge in [-0.15, -0.1) is 11.3 Å². The summed E-state index contributed by atoms with van der Waals surface area (Å²) in [7, 11) is 1.81. The fourth-order valence-corrected chi connectivity index (χ4v) is 3.34. The van der Waals surface area contributed by atoms with Gasteiger partial charge in [-0.3, -0.25) is 4.68 Å². The molecule has 0 aliphatic heterocycles. The van der Waals surface area contributed by atoms with Crippen LogP contribution in [-0.2, 0) is 7.05 Å². The molecule has 0 unspecified atom stereocenters. The number of carbonyl (C=O) groups excluding carboxylic acids is 1. The molecule has 0 bridgehead atoms. The van der Waals surface area contributed by atoms with Gasteiger partial charge in [-0.25, -0.2) is 14.2 Å². The van der Waals surface area contributed by atoms with Crippen LogP contribution in [0.5, 0.6) is 5.75 Å². The quantitative estimate of drug-likeness (QED) is 0.497. The molecule has 0 saturated carbocycles. The van der Waals surface area contributed by atoms with Crippen LogP contribution in [-0.4, -0.2) is 20.7 Å². The van der Waals surface area contributed by atoms with Crippen LogP contribution in [0.2, 0.25) is 0 Å². The van der Waals surface area contributed by atoms with Gasteiger partial charge in [0.1, 0.15) is 21.5 Å². The zero-order chi connectivity index (χ0) is 16.6. The number of ether oxygens (including phenoxy) is 1. The first-order valence-corrected chi connectivity index (χ1v) is 8.18. The maximum atomic E-state index is 13.3. The first-order chi connectivity index (χ1) is 10.9. The lowest BCUT2D eigenvalue weighted by molar-refractivity contribution is 0.0738. The molecule has 0 aliphatic carbocycles. The Morgan fingerprint density at radius 3 is 2.83 bits per heavy atom. The van der Waals surface area contributed by atoms with Crippen LogP contribution >= 0.6 is 27.3 Å². The molecule has 0 saturated heterocycles. The molecule has 0 fully saturated rings. The van der Waals surface area contributed by atoms with E-state index in [2.05, 4.69) is 26.0 Å². The molecule has 0 atom stereocenters. The number of aromatic nitrogens is 3. The van der Waals surface area contributed by atoms with Gasteiger partial charge in [0.15, 0.2) is 0 Å². The van der Waals surface area contributed by atoms with E-state index in [-0.39, 0.29) is 5.75 Å². The van der Waals surface area contributed by atoms with E-state index in [1.165, 1.54) is 23.5 Å². The van der Waals surface area contributed by atoms with Crippen molar-refractivity contribution in [1.82, 2.24) is 14.8 Å². The summed E-state index contributed by atoms with van der Waals surface area (Å²) in [5, 5.41) is 4.77. The van der Waals surface area contributed by atoms with Crippen molar-refractivity contribution >= 4 is 33.2 Å². The van der Waals surface area contributed by atoms with Crippen molar-refractivity contribution in [3.05, 3.63) is 51.5 Å². The van der Waals surface area contributed by atoms with E-state index in [4.69, 9.17) is 4.74 Å². The summed E-state index contributed by atoms with van der Waals surface area (Å²) in [6.45, 7) is 1.73. The van der Waals surface area contributed by atoms with Crippen LogP contribution in [0, 0.1) is 12.7 Å². The number of hydrogen-bond donors (Lipinski definition) is 0. The topological polar surface area (TPSA) is 57.0 Å². The molecule has 8 heteroatoms. The van der Waals surface area contributed by atoms with Gasteiger partial charge in [0, 0.05) is 29.3 Å². The highest BCUT2D eigenvalue weighted by molar-refractivity contribution is 9.10. The van der Waals surface area contributed by atoms with Crippen molar-refractivity contribution in [3.8, 4) is 16.3 Å². The van der Waals surface area contributed by atoms with Crippen molar-refractivity contribution in [2.24, 2.45) is 7.05 Å². The summed E-state index contributed by atoms with van der Waals surface area (Å²) in [5.74, 6) is -0.913. The average Bonchev–Trinajstić information content (AvgIpc) is 3.03. The Labute approximate surface area is 143 Å². The molecule has 5 nitrogen and oxygen atoms in total. The lowest BCUT2D eigenvalue weighted by Crippen LogP contribution is -2.08. The zero-order valence-corrected chi connectivity index (χ0v) is 14.6. The number of nitrogens with zero attached hydrogens (tertiary/aromatic N) is 3. The van der Waals surface area contributed by atoms with E-state index in [1.54, 1.807) is 24.9 Å². The Balaban J connectivity index is 1.86. The van der Waals surface area contributed by atoms with Gasteiger partial charge in [0.25, 0.3) is 0 Å². The van der Waals surface area contributed by atoms with Gasteiger partial charge in [-0.2, -0.15) is 5.10 Å². The molecule has 2 aromatic heterocycles. The van der Waals surface area contributed by atoms with Gasteiger partial charge in [0.05, 0.1) is 11.9 Å². The SMILES string of the molecule is Cc1nc(-c2cnn(C)c2)sc1C(=O)Oc1cc(F)cc(Br)c1. The Bertz CT molecular complexity index is 870. The third kappa shape index (κ3) is 3.48. The van der Waals surface area contributed by atoms with E-state index in [9.17, 15) is 9.18 Å². The molecular formula is C15H11BrFN3O2S. The molecule has 0 N–H and O–H groups in total. The van der Waals surface area contributed by atoms with Crippen molar-refractivity contribution < 1.29 is 13.9 Å². The van der Waals surface area contributed by atoms with Crippen molar-refractivity contribution in [3.63, 3.8) is 0 Å². The second kappa shape index (κ2) is 6.21. The van der Waals surface area contributed by atoms with Crippen LogP contribution in [0.3, 0.4) is 0 Å². The highest BCUT2D eigenvalue weighted by Crippen LogP contribution is 2.29. The molecule has 23 heavy (non-hydrogen) atoms. The van der Waals surface area contributed by atoms with Crippen molar-refractivity contribution in [2.75, 3.05) is 0 Å². The lowest BCUT2D eigenvalue weighted by Gasteiger charge is -2.03. The minimum atomic E-state index is -0.562. The average molecular weight is 396 g/mol. The number of aryl methyl sites for hydroxylation is 2. The van der Waals surface area contributed by atoms with E-state index in [0.717, 1.165) is 11.6 Å². The van der Waals surface area contributed by atoms with Crippen LogP contribution in [0.15, 0.2) is 35.1 Å². The van der Waals surface area contributed by atoms with Crippen molar-refractivity contribution in [2.45, 2.75) is 6.92 Å². The number of benzene rings is 1. The van der Waals surface area contributed by atoms with Crippen LogP contribution < -0.4 is 4.74 Å². The zero-order valence-electron chi connectivity index (χ0n) is 12.2. The maximum Gasteiger partial charge on any atom is 0.355 e. The summed E-state index contributed by atoms with van der Waals surface area (Å²) < 4.78 is 20.7. The fourth-order valence-electron chi connectivity index (χ4n) is 1.98. The molecule has 118 valence electrons. The summed E-state index contributed by atoms with van der Waals surface area (Å²) in [5.41, 5.74) is 1.39. The highest BCUT2D eigenvalue weighted by atomic mass is 79.9. The fraction of sp³-hybridized carbons (Fsp3) is 0.133. The Morgan fingerprint density at radius 1 is 1.39 bits per heavy atom. The highest BCUT2D eigenvalue weighted by Gasteiger charge is 2.19. The van der Waals surface area contributed by atoms with Crippen LogP contribution in [0.1, 0.15) is 15.4 Å². The molecule has 0 aliphatic rings. The number of rotatable bonds is 3. The third-order valence-electron chi connectivity index (χ3n) is 2.98. The summed E-state index contributed by atoms with van der Waals surface area (Å²) in [6, 6.07) is 3.97. The number of esters is 1. The lowest BCUT2D eigenvalue weighted by atomic mass is 10.3. The van der Waals surface area contributed by atoms with E-state index in [1.807, 2.05) is 6.20 Å². The number of thiazole rings is 1. The first-order valence-electron chi connectivity index (χ1n) is 6.57. The first kappa shape index (κ1) is 15.8. The van der Waals surface area contributed by atoms with Gasteiger partial charge in [0.2, 0.25) is 0 Å². The van der Waals surface area contributed by atoms with E-state index < -0.39 is 11.8 Å². The van der Waals surface area contributed by atoms with Gasteiger partial charge in [-0.1, -0.05) is 15.9 Å². The largest absolute Gasteiger partial charge is 0.422 e. The molecule has 3 rings (SSSR count). The van der Waals surface area contributed by atoms with Crippen molar-refractivity contribution in [1.29, 1.82) is 0 Å². The summed E-state index contributed by atoms with van der Waals surface area (Å²) in [4.78, 5) is 17.0. The molecule has 0 amide bonds. The minimum absolute atomic E-state index is 0.137. The summed E-state index contributed by atoms with van der Waals surface area (Å²) >= 11 is 4.38. The van der Waals surface area contributed by atoms with Gasteiger partial charge in [-0.05, 0) is 19.1 Å². The molecule has 1 aromatic carbocycles. The van der Waals surface area contributed by atoms with Gasteiger partial charge >= 0.3 is 5.97 Å². The Kier molecular flexibility index (Phi) is 4.27.